The predicted octanol–water partition coefficient (Wildman–Crippen LogP) is 4.14. The number of nitrogens with one attached hydrogen (secondary N) is 2. The number of aromatic nitrogens is 2. The summed E-state index contributed by atoms with van der Waals surface area (Å²) in [6.07, 6.45) is 1.63. The fraction of sp³-hybridized carbons (Fsp3) is 0.0526. The standard InChI is InChI=1S/C19H15N3OS/c23-19(14-8-9-15-16(11-14)21-12-20-15)22-18(17-7-4-10-24-17)13-5-2-1-3-6-13/h1-12,18H,(H,20,21)(H,22,23)/t18-/m0/s1. The molecule has 2 aromatic carbocycles. The first kappa shape index (κ1) is 14.7. The molecule has 4 nitrogen and oxygen atoms in total. The fourth-order valence-electron chi connectivity index (χ4n) is 2.71. The molecule has 0 saturated carbocycles. The van der Waals surface area contributed by atoms with Crippen LogP contribution < -0.4 is 5.32 Å². The molecule has 1 amide bonds. The third kappa shape index (κ3) is 2.81. The van der Waals surface area contributed by atoms with Gasteiger partial charge in [-0.15, -0.1) is 11.3 Å². The maximum Gasteiger partial charge on any atom is 0.252 e. The van der Waals surface area contributed by atoms with Crippen LogP contribution in [0.3, 0.4) is 0 Å². The van der Waals surface area contributed by atoms with Gasteiger partial charge < -0.3 is 10.3 Å². The highest BCUT2D eigenvalue weighted by atomic mass is 32.1. The van der Waals surface area contributed by atoms with Crippen molar-refractivity contribution in [3.8, 4) is 0 Å². The Morgan fingerprint density at radius 2 is 1.96 bits per heavy atom. The number of aromatic amines is 1. The van der Waals surface area contributed by atoms with E-state index in [4.69, 9.17) is 0 Å². The van der Waals surface area contributed by atoms with Crippen molar-refractivity contribution in [1.29, 1.82) is 0 Å². The summed E-state index contributed by atoms with van der Waals surface area (Å²) < 4.78 is 0. The first-order valence-electron chi connectivity index (χ1n) is 7.63. The highest BCUT2D eigenvalue weighted by Crippen LogP contribution is 2.26. The van der Waals surface area contributed by atoms with Crippen LogP contribution in [0.5, 0.6) is 0 Å². The molecule has 118 valence electrons. The summed E-state index contributed by atoms with van der Waals surface area (Å²) in [4.78, 5) is 21.1. The van der Waals surface area contributed by atoms with Gasteiger partial charge >= 0.3 is 0 Å². The summed E-state index contributed by atoms with van der Waals surface area (Å²) >= 11 is 1.64. The van der Waals surface area contributed by atoms with Crippen LogP contribution in [-0.2, 0) is 0 Å². The van der Waals surface area contributed by atoms with E-state index in [2.05, 4.69) is 15.3 Å². The van der Waals surface area contributed by atoms with Gasteiger partial charge in [-0.2, -0.15) is 0 Å². The molecule has 0 saturated heterocycles. The number of benzene rings is 2. The first-order valence-corrected chi connectivity index (χ1v) is 8.51. The lowest BCUT2D eigenvalue weighted by Crippen LogP contribution is -2.28. The van der Waals surface area contributed by atoms with E-state index in [0.717, 1.165) is 21.5 Å². The SMILES string of the molecule is O=C(N[C@@H](c1ccccc1)c1cccs1)c1ccc2nc[nH]c2c1. The van der Waals surface area contributed by atoms with Crippen LogP contribution in [0, 0.1) is 0 Å². The third-order valence-corrected chi connectivity index (χ3v) is 4.86. The van der Waals surface area contributed by atoms with Gasteiger partial charge in [0.15, 0.2) is 0 Å². The fourth-order valence-corrected chi connectivity index (χ4v) is 3.51. The molecule has 0 bridgehead atoms. The number of nitrogens with zero attached hydrogens (tertiary/aromatic N) is 1. The minimum atomic E-state index is -0.156. The topological polar surface area (TPSA) is 57.8 Å². The number of imidazole rings is 1. The molecule has 0 aliphatic rings. The minimum absolute atomic E-state index is 0.103. The quantitative estimate of drug-likeness (QED) is 0.589. The molecule has 0 aliphatic heterocycles. The van der Waals surface area contributed by atoms with Crippen molar-refractivity contribution in [2.45, 2.75) is 6.04 Å². The Bertz CT molecular complexity index is 961. The third-order valence-electron chi connectivity index (χ3n) is 3.92. The smallest absolute Gasteiger partial charge is 0.252 e. The Kier molecular flexibility index (Phi) is 3.84. The number of fused-ring (bicyclic) bond motifs is 1. The summed E-state index contributed by atoms with van der Waals surface area (Å²) in [5.41, 5.74) is 3.39. The summed E-state index contributed by atoms with van der Waals surface area (Å²) in [5, 5.41) is 5.17. The lowest BCUT2D eigenvalue weighted by molar-refractivity contribution is 0.0943. The minimum Gasteiger partial charge on any atom is -0.345 e. The van der Waals surface area contributed by atoms with Crippen LogP contribution in [-0.4, -0.2) is 15.9 Å². The average molecular weight is 333 g/mol. The van der Waals surface area contributed by atoms with Gasteiger partial charge in [-0.3, -0.25) is 4.79 Å². The van der Waals surface area contributed by atoms with Gasteiger partial charge in [-0.05, 0) is 35.2 Å². The van der Waals surface area contributed by atoms with Crippen molar-refractivity contribution in [2.24, 2.45) is 0 Å². The number of thiophene rings is 1. The number of rotatable bonds is 4. The van der Waals surface area contributed by atoms with Crippen LogP contribution >= 0.6 is 11.3 Å². The molecule has 2 aromatic heterocycles. The predicted molar refractivity (Wildman–Crippen MR) is 96.2 cm³/mol. The zero-order valence-corrected chi connectivity index (χ0v) is 13.6. The largest absolute Gasteiger partial charge is 0.345 e. The van der Waals surface area contributed by atoms with E-state index in [1.165, 1.54) is 0 Å². The van der Waals surface area contributed by atoms with E-state index in [-0.39, 0.29) is 11.9 Å². The van der Waals surface area contributed by atoms with Crippen LogP contribution in [0.15, 0.2) is 72.4 Å². The van der Waals surface area contributed by atoms with Gasteiger partial charge in [0, 0.05) is 10.4 Å². The number of amides is 1. The second-order valence-corrected chi connectivity index (χ2v) is 6.45. The van der Waals surface area contributed by atoms with Gasteiger partial charge in [0.1, 0.15) is 0 Å². The molecule has 0 fully saturated rings. The van der Waals surface area contributed by atoms with Crippen molar-refractivity contribution in [1.82, 2.24) is 15.3 Å². The molecule has 0 radical (unpaired) electrons. The second-order valence-electron chi connectivity index (χ2n) is 5.47. The lowest BCUT2D eigenvalue weighted by atomic mass is 10.0. The van der Waals surface area contributed by atoms with Gasteiger partial charge in [0.25, 0.3) is 5.91 Å². The van der Waals surface area contributed by atoms with Crippen molar-refractivity contribution < 1.29 is 4.79 Å². The van der Waals surface area contributed by atoms with Crippen molar-refractivity contribution in [2.75, 3.05) is 0 Å². The highest BCUT2D eigenvalue weighted by molar-refractivity contribution is 7.10. The van der Waals surface area contributed by atoms with E-state index < -0.39 is 0 Å². The van der Waals surface area contributed by atoms with Crippen LogP contribution in [0.4, 0.5) is 0 Å². The molecule has 1 atom stereocenters. The van der Waals surface area contributed by atoms with Crippen molar-refractivity contribution in [3.05, 3.63) is 88.4 Å². The molecule has 5 heteroatoms. The van der Waals surface area contributed by atoms with Crippen molar-refractivity contribution >= 4 is 28.3 Å². The van der Waals surface area contributed by atoms with Gasteiger partial charge in [0.2, 0.25) is 0 Å². The molecule has 0 unspecified atom stereocenters. The zero-order valence-electron chi connectivity index (χ0n) is 12.8. The molecule has 24 heavy (non-hydrogen) atoms. The Labute approximate surface area is 143 Å². The monoisotopic (exact) mass is 333 g/mol. The number of carbonyl (C=O) groups excluding carboxylic acids is 1. The average Bonchev–Trinajstić information content (AvgIpc) is 3.31. The summed E-state index contributed by atoms with van der Waals surface area (Å²) in [6, 6.07) is 19.4. The van der Waals surface area contributed by atoms with E-state index in [1.54, 1.807) is 23.7 Å². The lowest BCUT2D eigenvalue weighted by Gasteiger charge is -2.18. The molecular weight excluding hydrogens is 318 g/mol. The second kappa shape index (κ2) is 6.29. The number of H-pyrrole nitrogens is 1. The van der Waals surface area contributed by atoms with Crippen molar-refractivity contribution in [3.63, 3.8) is 0 Å². The maximum atomic E-state index is 12.7. The maximum absolute atomic E-state index is 12.7. The Morgan fingerprint density at radius 1 is 1.08 bits per heavy atom. The Hall–Kier alpha value is -2.92. The molecule has 2 N–H and O–H groups in total. The zero-order chi connectivity index (χ0) is 16.4. The number of hydrogen-bond donors (Lipinski definition) is 2. The van der Waals surface area contributed by atoms with Gasteiger partial charge in [-0.1, -0.05) is 36.4 Å². The molecule has 2 heterocycles. The first-order chi connectivity index (χ1) is 11.8. The molecule has 0 spiro atoms. The summed E-state index contributed by atoms with van der Waals surface area (Å²) in [5.74, 6) is -0.103. The van der Waals surface area contributed by atoms with E-state index in [0.29, 0.717) is 5.56 Å². The van der Waals surface area contributed by atoms with Gasteiger partial charge in [0.05, 0.1) is 23.4 Å². The van der Waals surface area contributed by atoms with E-state index >= 15 is 0 Å². The Morgan fingerprint density at radius 3 is 2.75 bits per heavy atom. The molecule has 4 aromatic rings. The normalized spacial score (nSPS) is 12.2. The number of carbonyl (C=O) groups is 1. The van der Waals surface area contributed by atoms with E-state index in [1.807, 2.05) is 60.0 Å². The summed E-state index contributed by atoms with van der Waals surface area (Å²) in [6.45, 7) is 0. The summed E-state index contributed by atoms with van der Waals surface area (Å²) in [7, 11) is 0. The Balaban J connectivity index is 1.65. The highest BCUT2D eigenvalue weighted by Gasteiger charge is 2.18. The molecule has 0 aliphatic carbocycles. The van der Waals surface area contributed by atoms with Gasteiger partial charge in [-0.25, -0.2) is 4.98 Å². The molecule has 4 rings (SSSR count). The van der Waals surface area contributed by atoms with Crippen LogP contribution in [0.1, 0.15) is 26.8 Å². The van der Waals surface area contributed by atoms with E-state index in [9.17, 15) is 4.79 Å². The van der Waals surface area contributed by atoms with Crippen LogP contribution in [0.2, 0.25) is 0 Å². The molecular formula is C19H15N3OS. The number of hydrogen-bond acceptors (Lipinski definition) is 3. The van der Waals surface area contributed by atoms with Crippen LogP contribution in [0.25, 0.3) is 11.0 Å².